The highest BCUT2D eigenvalue weighted by atomic mass is 79.9. The first-order chi connectivity index (χ1) is 3.89. The van der Waals surface area contributed by atoms with Crippen LogP contribution >= 0.6 is 15.9 Å². The third kappa shape index (κ3) is 0.572. The molecule has 1 saturated carbocycles. The molecule has 0 aromatic heterocycles. The summed E-state index contributed by atoms with van der Waals surface area (Å²) in [5, 5.41) is 0. The van der Waals surface area contributed by atoms with E-state index >= 15 is 0 Å². The van der Waals surface area contributed by atoms with Crippen molar-refractivity contribution < 1.29 is 0 Å². The highest BCUT2D eigenvalue weighted by Gasteiger charge is 2.47. The number of fused-ring (bicyclic) bond motifs is 1. The normalized spacial score (nSPS) is 50.9. The van der Waals surface area contributed by atoms with Gasteiger partial charge in [0.05, 0.1) is 0 Å². The van der Waals surface area contributed by atoms with E-state index in [1.54, 1.807) is 0 Å². The van der Waals surface area contributed by atoms with Gasteiger partial charge >= 0.3 is 0 Å². The minimum Gasteiger partial charge on any atom is -0.0884 e. The molecule has 0 bridgehead atoms. The minimum absolute atomic E-state index is 0.859. The second-order valence-electron chi connectivity index (χ2n) is 2.71. The van der Waals surface area contributed by atoms with Crippen LogP contribution < -0.4 is 0 Å². The third-order valence-corrected chi connectivity index (χ3v) is 3.57. The van der Waals surface area contributed by atoms with Gasteiger partial charge in [-0.2, -0.15) is 0 Å². The van der Waals surface area contributed by atoms with Gasteiger partial charge in [0.1, 0.15) is 0 Å². The van der Waals surface area contributed by atoms with Crippen molar-refractivity contribution in [1.29, 1.82) is 0 Å². The van der Waals surface area contributed by atoms with Crippen LogP contribution in [0, 0.1) is 11.8 Å². The van der Waals surface area contributed by atoms with Gasteiger partial charge in [-0.15, -0.1) is 0 Å². The van der Waals surface area contributed by atoms with Crippen LogP contribution in [0.25, 0.3) is 0 Å². The summed E-state index contributed by atoms with van der Waals surface area (Å²) in [4.78, 5) is 0.859. The lowest BCUT2D eigenvalue weighted by molar-refractivity contribution is 0.689. The van der Waals surface area contributed by atoms with Crippen molar-refractivity contribution in [3.8, 4) is 0 Å². The summed E-state index contributed by atoms with van der Waals surface area (Å²) in [7, 11) is 0. The summed E-state index contributed by atoms with van der Waals surface area (Å²) >= 11 is 3.64. The summed E-state index contributed by atoms with van der Waals surface area (Å²) in [5.41, 5.74) is 0. The number of halogens is 1. The molecule has 2 aliphatic carbocycles. The van der Waals surface area contributed by atoms with Crippen LogP contribution in [0.2, 0.25) is 0 Å². The quantitative estimate of drug-likeness (QED) is 0.389. The topological polar surface area (TPSA) is 0 Å². The van der Waals surface area contributed by atoms with E-state index in [2.05, 4.69) is 28.1 Å². The predicted molar refractivity (Wildman–Crippen MR) is 38.1 cm³/mol. The van der Waals surface area contributed by atoms with Gasteiger partial charge in [-0.1, -0.05) is 28.1 Å². The highest BCUT2D eigenvalue weighted by Crippen LogP contribution is 2.52. The van der Waals surface area contributed by atoms with E-state index in [-0.39, 0.29) is 0 Å². The highest BCUT2D eigenvalue weighted by molar-refractivity contribution is 9.09. The molecular weight excluding hydrogens is 164 g/mol. The van der Waals surface area contributed by atoms with Crippen LogP contribution in [0.4, 0.5) is 0 Å². The predicted octanol–water partition coefficient (Wildman–Crippen LogP) is 2.35. The fourth-order valence-corrected chi connectivity index (χ4v) is 2.55. The molecule has 0 aromatic carbocycles. The number of hydrogen-bond donors (Lipinski definition) is 0. The zero-order valence-corrected chi connectivity index (χ0v) is 6.26. The lowest BCUT2D eigenvalue weighted by atomic mass is 10.1. The van der Waals surface area contributed by atoms with Gasteiger partial charge < -0.3 is 0 Å². The van der Waals surface area contributed by atoms with Gasteiger partial charge in [-0.3, -0.25) is 0 Å². The van der Waals surface area contributed by atoms with Crippen molar-refractivity contribution in [2.45, 2.75) is 17.7 Å². The Balaban J connectivity index is 2.08. The van der Waals surface area contributed by atoms with Crippen LogP contribution in [0.1, 0.15) is 12.8 Å². The Hall–Kier alpha value is 0.220. The molecule has 0 radical (unpaired) electrons. The molecule has 0 saturated heterocycles. The number of hydrogen-bond acceptors (Lipinski definition) is 0. The zero-order chi connectivity index (χ0) is 5.56. The van der Waals surface area contributed by atoms with Crippen molar-refractivity contribution in [2.24, 2.45) is 11.8 Å². The van der Waals surface area contributed by atoms with E-state index in [0.717, 1.165) is 16.7 Å². The molecule has 0 spiro atoms. The molecule has 1 fully saturated rings. The standard InChI is InChI=1S/C7H9Br/c8-7-5-3-1-2-4-6(5)7/h1-2,5-7H,3-4H2/t5-,6+,7?. The van der Waals surface area contributed by atoms with Crippen molar-refractivity contribution in [3.63, 3.8) is 0 Å². The monoisotopic (exact) mass is 172 g/mol. The van der Waals surface area contributed by atoms with Gasteiger partial charge in [0.15, 0.2) is 0 Å². The summed E-state index contributed by atoms with van der Waals surface area (Å²) < 4.78 is 0. The SMILES string of the molecule is BrC1[C@H]2CC=CC[C@@H]12. The summed E-state index contributed by atoms with van der Waals surface area (Å²) in [6, 6.07) is 0. The lowest BCUT2D eigenvalue weighted by Crippen LogP contribution is -1.83. The Morgan fingerprint density at radius 1 is 1.12 bits per heavy atom. The fourth-order valence-electron chi connectivity index (χ4n) is 1.51. The maximum atomic E-state index is 3.64. The Morgan fingerprint density at radius 3 is 2.00 bits per heavy atom. The summed E-state index contributed by atoms with van der Waals surface area (Å²) in [6.07, 6.45) is 7.26. The van der Waals surface area contributed by atoms with E-state index in [4.69, 9.17) is 0 Å². The van der Waals surface area contributed by atoms with Crippen LogP contribution in [0.3, 0.4) is 0 Å². The van der Waals surface area contributed by atoms with Crippen LogP contribution in [0.5, 0.6) is 0 Å². The molecular formula is C7H9Br. The molecule has 0 nitrogen and oxygen atoms in total. The van der Waals surface area contributed by atoms with Crippen LogP contribution in [-0.2, 0) is 0 Å². The fraction of sp³-hybridized carbons (Fsp3) is 0.714. The van der Waals surface area contributed by atoms with Gasteiger partial charge in [-0.25, -0.2) is 0 Å². The Morgan fingerprint density at radius 2 is 1.62 bits per heavy atom. The van der Waals surface area contributed by atoms with Crippen LogP contribution in [-0.4, -0.2) is 4.83 Å². The first-order valence-electron chi connectivity index (χ1n) is 3.18. The van der Waals surface area contributed by atoms with Gasteiger partial charge in [0, 0.05) is 4.83 Å². The molecule has 0 aromatic rings. The maximum Gasteiger partial charge on any atom is 0.0214 e. The van der Waals surface area contributed by atoms with Gasteiger partial charge in [0.2, 0.25) is 0 Å². The van der Waals surface area contributed by atoms with E-state index in [1.165, 1.54) is 12.8 Å². The van der Waals surface area contributed by atoms with Crippen molar-refractivity contribution >= 4 is 15.9 Å². The van der Waals surface area contributed by atoms with E-state index in [9.17, 15) is 0 Å². The maximum absolute atomic E-state index is 3.64. The number of rotatable bonds is 0. The average Bonchev–Trinajstić information content (AvgIpc) is 2.46. The number of allylic oxidation sites excluding steroid dienone is 2. The van der Waals surface area contributed by atoms with Crippen molar-refractivity contribution in [3.05, 3.63) is 12.2 Å². The molecule has 0 N–H and O–H groups in total. The van der Waals surface area contributed by atoms with Crippen molar-refractivity contribution in [2.75, 3.05) is 0 Å². The Labute approximate surface area is 58.1 Å². The third-order valence-electron chi connectivity index (χ3n) is 2.21. The molecule has 2 aliphatic rings. The Kier molecular flexibility index (Phi) is 1.01. The van der Waals surface area contributed by atoms with E-state index in [0.29, 0.717) is 0 Å². The lowest BCUT2D eigenvalue weighted by Gasteiger charge is -1.96. The molecule has 0 amide bonds. The van der Waals surface area contributed by atoms with E-state index in [1.807, 2.05) is 0 Å². The molecule has 2 rings (SSSR count). The summed E-state index contributed by atoms with van der Waals surface area (Å²) in [6.45, 7) is 0. The molecule has 1 heteroatoms. The zero-order valence-electron chi connectivity index (χ0n) is 4.68. The van der Waals surface area contributed by atoms with Gasteiger partial charge in [0.25, 0.3) is 0 Å². The molecule has 3 atom stereocenters. The minimum atomic E-state index is 0.859. The Bertz CT molecular complexity index is 114. The second kappa shape index (κ2) is 1.60. The smallest absolute Gasteiger partial charge is 0.0214 e. The van der Waals surface area contributed by atoms with Crippen LogP contribution in [0.15, 0.2) is 12.2 Å². The van der Waals surface area contributed by atoms with Gasteiger partial charge in [-0.05, 0) is 24.7 Å². The summed E-state index contributed by atoms with van der Waals surface area (Å²) in [5.74, 6) is 2.00. The van der Waals surface area contributed by atoms with E-state index < -0.39 is 0 Å². The van der Waals surface area contributed by atoms with Crippen molar-refractivity contribution in [1.82, 2.24) is 0 Å². The average molecular weight is 173 g/mol. The largest absolute Gasteiger partial charge is 0.0884 e. The molecule has 1 unspecified atom stereocenters. The first-order valence-corrected chi connectivity index (χ1v) is 4.10. The molecule has 8 heavy (non-hydrogen) atoms. The molecule has 0 aliphatic heterocycles. The molecule has 44 valence electrons. The number of alkyl halides is 1. The second-order valence-corrected chi connectivity index (χ2v) is 3.77. The first kappa shape index (κ1) is 5.04. The molecule has 0 heterocycles.